The Balaban J connectivity index is 2.24. The summed E-state index contributed by atoms with van der Waals surface area (Å²) in [5.74, 6) is -0.511. The smallest absolute Gasteiger partial charge is 0.221 e. The van der Waals surface area contributed by atoms with Crippen molar-refractivity contribution in [1.29, 1.82) is 0 Å². The van der Waals surface area contributed by atoms with Crippen LogP contribution in [0, 0.1) is 11.8 Å². The number of hydrogen-bond acceptors (Lipinski definition) is 2. The topological polar surface area (TPSA) is 22.1 Å². The second-order valence-corrected chi connectivity index (χ2v) is 3.83. The van der Waals surface area contributed by atoms with E-state index in [0.29, 0.717) is 5.75 Å². The van der Waals surface area contributed by atoms with Gasteiger partial charge in [0.25, 0.3) is 0 Å². The van der Waals surface area contributed by atoms with E-state index in [9.17, 15) is 8.78 Å². The van der Waals surface area contributed by atoms with Crippen LogP contribution in [0.1, 0.15) is 0 Å². The van der Waals surface area contributed by atoms with Crippen molar-refractivity contribution in [2.24, 2.45) is 0 Å². The summed E-state index contributed by atoms with van der Waals surface area (Å²) in [4.78, 5) is 3.52. The van der Waals surface area contributed by atoms with Gasteiger partial charge in [0.15, 0.2) is 0 Å². The van der Waals surface area contributed by atoms with Gasteiger partial charge in [0.2, 0.25) is 11.8 Å². The predicted molar refractivity (Wildman–Crippen MR) is 58.4 cm³/mol. The molecule has 0 aliphatic carbocycles. The van der Waals surface area contributed by atoms with Crippen LogP contribution < -0.4 is 4.74 Å². The molecule has 5 heteroatoms. The maximum absolute atomic E-state index is 12.9. The van der Waals surface area contributed by atoms with Crippen molar-refractivity contribution in [3.05, 3.63) is 52.6 Å². The minimum absolute atomic E-state index is 0.124. The van der Waals surface area contributed by atoms with E-state index >= 15 is 0 Å². The summed E-state index contributed by atoms with van der Waals surface area (Å²) in [5.41, 5.74) is 0. The van der Waals surface area contributed by atoms with Crippen LogP contribution >= 0.6 is 15.9 Å². The molecule has 1 heterocycles. The predicted octanol–water partition coefficient (Wildman–Crippen LogP) is 3.91. The average Bonchev–Trinajstić information content (AvgIpc) is 2.24. The van der Waals surface area contributed by atoms with Gasteiger partial charge in [0.05, 0.1) is 4.47 Å². The van der Waals surface area contributed by atoms with Crippen molar-refractivity contribution < 1.29 is 13.5 Å². The van der Waals surface area contributed by atoms with E-state index in [1.54, 1.807) is 0 Å². The molecule has 0 N–H and O–H groups in total. The van der Waals surface area contributed by atoms with Gasteiger partial charge in [-0.05, 0) is 40.2 Å². The number of benzene rings is 1. The van der Waals surface area contributed by atoms with Crippen molar-refractivity contribution in [3.8, 4) is 11.6 Å². The maximum atomic E-state index is 12.9. The Morgan fingerprint density at radius 2 is 1.94 bits per heavy atom. The zero-order chi connectivity index (χ0) is 11.5. The molecule has 0 spiro atoms. The molecule has 1 aromatic heterocycles. The molecule has 0 saturated heterocycles. The van der Waals surface area contributed by atoms with E-state index in [1.165, 1.54) is 36.4 Å². The van der Waals surface area contributed by atoms with Crippen molar-refractivity contribution in [1.82, 2.24) is 4.98 Å². The summed E-state index contributed by atoms with van der Waals surface area (Å²) >= 11 is 3.02. The largest absolute Gasteiger partial charge is 0.439 e. The molecule has 0 bridgehead atoms. The van der Waals surface area contributed by atoms with E-state index in [2.05, 4.69) is 20.9 Å². The summed E-state index contributed by atoms with van der Waals surface area (Å²) in [6, 6.07) is 8.34. The standard InChI is InChI=1S/C11H6BrF2NO/c12-8-6-7(4-5-9(8)13)16-11-3-1-2-10(14)15-11/h1-6H. The molecule has 1 aromatic carbocycles. The molecule has 2 rings (SSSR count). The zero-order valence-corrected chi connectivity index (χ0v) is 9.54. The first-order valence-corrected chi connectivity index (χ1v) is 5.20. The van der Waals surface area contributed by atoms with Gasteiger partial charge < -0.3 is 4.74 Å². The normalized spacial score (nSPS) is 10.2. The van der Waals surface area contributed by atoms with Crippen LogP contribution in [0.15, 0.2) is 40.9 Å². The first-order valence-electron chi connectivity index (χ1n) is 4.40. The van der Waals surface area contributed by atoms with Crippen molar-refractivity contribution in [2.75, 3.05) is 0 Å². The monoisotopic (exact) mass is 285 g/mol. The number of pyridine rings is 1. The molecule has 0 unspecified atom stereocenters. The molecule has 0 amide bonds. The number of aromatic nitrogens is 1. The van der Waals surface area contributed by atoms with Gasteiger partial charge in [0, 0.05) is 6.07 Å². The van der Waals surface area contributed by atoms with Crippen LogP contribution in [0.2, 0.25) is 0 Å². The maximum Gasteiger partial charge on any atom is 0.221 e. The van der Waals surface area contributed by atoms with Gasteiger partial charge in [-0.15, -0.1) is 0 Å². The minimum Gasteiger partial charge on any atom is -0.439 e. The van der Waals surface area contributed by atoms with Crippen molar-refractivity contribution >= 4 is 15.9 Å². The Morgan fingerprint density at radius 3 is 2.62 bits per heavy atom. The first-order chi connectivity index (χ1) is 7.65. The Kier molecular flexibility index (Phi) is 3.14. The Morgan fingerprint density at radius 1 is 1.12 bits per heavy atom. The van der Waals surface area contributed by atoms with Crippen LogP contribution in [-0.4, -0.2) is 4.98 Å². The number of rotatable bonds is 2. The molecule has 0 radical (unpaired) electrons. The number of hydrogen-bond donors (Lipinski definition) is 0. The Labute approximate surface area is 99.0 Å². The lowest BCUT2D eigenvalue weighted by Crippen LogP contribution is -1.90. The molecule has 0 atom stereocenters. The zero-order valence-electron chi connectivity index (χ0n) is 7.95. The van der Waals surface area contributed by atoms with Crippen LogP contribution in [0.5, 0.6) is 11.6 Å². The molecular weight excluding hydrogens is 280 g/mol. The fourth-order valence-electron chi connectivity index (χ4n) is 1.11. The van der Waals surface area contributed by atoms with E-state index < -0.39 is 5.95 Å². The SMILES string of the molecule is Fc1cccc(Oc2ccc(F)c(Br)c2)n1. The van der Waals surface area contributed by atoms with Gasteiger partial charge in [-0.1, -0.05) is 6.07 Å². The van der Waals surface area contributed by atoms with E-state index in [0.717, 1.165) is 0 Å². The highest BCUT2D eigenvalue weighted by Gasteiger charge is 2.03. The summed E-state index contributed by atoms with van der Waals surface area (Å²) < 4.78 is 31.2. The Hall–Kier alpha value is -1.49. The molecule has 0 aliphatic heterocycles. The van der Waals surface area contributed by atoms with Crippen LogP contribution in [0.4, 0.5) is 8.78 Å². The third-order valence-electron chi connectivity index (χ3n) is 1.80. The lowest BCUT2D eigenvalue weighted by Gasteiger charge is -2.04. The van der Waals surface area contributed by atoms with E-state index in [1.807, 2.05) is 0 Å². The van der Waals surface area contributed by atoms with Crippen molar-refractivity contribution in [2.45, 2.75) is 0 Å². The molecule has 0 aliphatic rings. The number of ether oxygens (including phenoxy) is 1. The quantitative estimate of drug-likeness (QED) is 0.781. The lowest BCUT2D eigenvalue weighted by atomic mass is 10.3. The van der Waals surface area contributed by atoms with E-state index in [-0.39, 0.29) is 16.2 Å². The Bertz CT molecular complexity index is 519. The molecule has 0 saturated carbocycles. The van der Waals surface area contributed by atoms with Crippen LogP contribution in [0.3, 0.4) is 0 Å². The van der Waals surface area contributed by atoms with E-state index in [4.69, 9.17) is 4.74 Å². The summed E-state index contributed by atoms with van der Waals surface area (Å²) in [5, 5.41) is 0. The minimum atomic E-state index is -0.626. The van der Waals surface area contributed by atoms with Gasteiger partial charge in [-0.3, -0.25) is 0 Å². The van der Waals surface area contributed by atoms with Crippen molar-refractivity contribution in [3.63, 3.8) is 0 Å². The second-order valence-electron chi connectivity index (χ2n) is 2.98. The molecule has 2 nitrogen and oxygen atoms in total. The summed E-state index contributed by atoms with van der Waals surface area (Å²) in [6.45, 7) is 0. The van der Waals surface area contributed by atoms with Gasteiger partial charge >= 0.3 is 0 Å². The molecule has 82 valence electrons. The third-order valence-corrected chi connectivity index (χ3v) is 2.41. The fraction of sp³-hybridized carbons (Fsp3) is 0. The highest BCUT2D eigenvalue weighted by atomic mass is 79.9. The highest BCUT2D eigenvalue weighted by Crippen LogP contribution is 2.25. The molecule has 0 fully saturated rings. The highest BCUT2D eigenvalue weighted by molar-refractivity contribution is 9.10. The fourth-order valence-corrected chi connectivity index (χ4v) is 1.47. The number of nitrogens with zero attached hydrogens (tertiary/aromatic N) is 1. The second kappa shape index (κ2) is 4.57. The number of halogens is 3. The first kappa shape index (κ1) is 11.0. The van der Waals surface area contributed by atoms with Crippen LogP contribution in [0.25, 0.3) is 0 Å². The van der Waals surface area contributed by atoms with Gasteiger partial charge in [-0.2, -0.15) is 9.37 Å². The molecule has 16 heavy (non-hydrogen) atoms. The van der Waals surface area contributed by atoms with Crippen LogP contribution in [-0.2, 0) is 0 Å². The lowest BCUT2D eigenvalue weighted by molar-refractivity contribution is 0.443. The third kappa shape index (κ3) is 2.55. The average molecular weight is 286 g/mol. The molecular formula is C11H6BrF2NO. The van der Waals surface area contributed by atoms with Gasteiger partial charge in [-0.25, -0.2) is 4.39 Å². The summed E-state index contributed by atoms with van der Waals surface area (Å²) in [6.07, 6.45) is 0. The van der Waals surface area contributed by atoms with Gasteiger partial charge in [0.1, 0.15) is 11.6 Å². The summed E-state index contributed by atoms with van der Waals surface area (Å²) in [7, 11) is 0. The molecule has 2 aromatic rings.